The Kier molecular flexibility index (Phi) is 3.95. The fourth-order valence-electron chi connectivity index (χ4n) is 2.40. The van der Waals surface area contributed by atoms with Gasteiger partial charge in [0, 0.05) is 6.08 Å². The van der Waals surface area contributed by atoms with Crippen LogP contribution in [0, 0.1) is 17.3 Å². The molecule has 0 amide bonds. The van der Waals surface area contributed by atoms with Gasteiger partial charge in [-0.1, -0.05) is 26.8 Å². The maximum atomic E-state index is 10.4. The molecule has 0 heterocycles. The Morgan fingerprint density at radius 3 is 2.13 bits per heavy atom. The van der Waals surface area contributed by atoms with Crippen molar-refractivity contribution < 1.29 is 9.90 Å². The molecule has 0 aromatic rings. The molecule has 0 bridgehead atoms. The average Bonchev–Trinajstić information content (AvgIpc) is 2.14. The van der Waals surface area contributed by atoms with Gasteiger partial charge >= 0.3 is 5.97 Å². The third kappa shape index (κ3) is 4.06. The van der Waals surface area contributed by atoms with E-state index in [0.29, 0.717) is 11.3 Å². The van der Waals surface area contributed by atoms with Crippen molar-refractivity contribution in [3.05, 3.63) is 12.2 Å². The second-order valence-electron chi connectivity index (χ2n) is 5.68. The van der Waals surface area contributed by atoms with Gasteiger partial charge in [0.1, 0.15) is 0 Å². The molecule has 2 nitrogen and oxygen atoms in total. The quantitative estimate of drug-likeness (QED) is 0.708. The van der Waals surface area contributed by atoms with Crippen molar-refractivity contribution in [1.82, 2.24) is 0 Å². The van der Waals surface area contributed by atoms with Crippen LogP contribution in [0.1, 0.15) is 46.5 Å². The predicted molar refractivity (Wildman–Crippen MR) is 61.7 cm³/mol. The molecule has 0 unspecified atom stereocenters. The van der Waals surface area contributed by atoms with Crippen LogP contribution in [0.15, 0.2) is 12.2 Å². The molecule has 1 saturated carbocycles. The smallest absolute Gasteiger partial charge is 0.327 e. The van der Waals surface area contributed by atoms with Gasteiger partial charge in [0.2, 0.25) is 0 Å². The molecule has 1 rings (SSSR count). The van der Waals surface area contributed by atoms with Crippen molar-refractivity contribution in [1.29, 1.82) is 0 Å². The van der Waals surface area contributed by atoms with Gasteiger partial charge in [-0.3, -0.25) is 0 Å². The number of hydrogen-bond donors (Lipinski definition) is 1. The van der Waals surface area contributed by atoms with Crippen molar-refractivity contribution in [3.63, 3.8) is 0 Å². The van der Waals surface area contributed by atoms with Gasteiger partial charge in [-0.2, -0.15) is 0 Å². The first kappa shape index (κ1) is 12.3. The first-order valence-electron chi connectivity index (χ1n) is 5.80. The first-order valence-corrected chi connectivity index (χ1v) is 5.80. The fraction of sp³-hybridized carbons (Fsp3) is 0.769. The van der Waals surface area contributed by atoms with E-state index in [-0.39, 0.29) is 0 Å². The monoisotopic (exact) mass is 210 g/mol. The number of hydrogen-bond acceptors (Lipinski definition) is 1. The number of aliphatic carboxylic acids is 1. The Hall–Kier alpha value is -0.790. The van der Waals surface area contributed by atoms with Crippen molar-refractivity contribution >= 4 is 5.97 Å². The summed E-state index contributed by atoms with van der Waals surface area (Å²) in [5.74, 6) is 0.458. The van der Waals surface area contributed by atoms with Gasteiger partial charge in [-0.25, -0.2) is 4.79 Å². The van der Waals surface area contributed by atoms with E-state index in [4.69, 9.17) is 5.11 Å². The summed E-state index contributed by atoms with van der Waals surface area (Å²) in [6.45, 7) is 6.89. The Morgan fingerprint density at radius 2 is 1.73 bits per heavy atom. The molecular formula is C13H22O2. The molecule has 0 spiro atoms. The summed E-state index contributed by atoms with van der Waals surface area (Å²) in [7, 11) is 0. The molecule has 0 saturated heterocycles. The standard InChI is InChI=1S/C13H22O2/c1-13(2,3)11-7-4-10(5-8-11)6-9-12(14)15/h6,9-11H,4-5,7-8H2,1-3H3,(H,14,15)/b9-6+. The molecule has 0 radical (unpaired) electrons. The molecule has 1 aliphatic carbocycles. The van der Waals surface area contributed by atoms with E-state index in [0.717, 1.165) is 18.8 Å². The zero-order valence-corrected chi connectivity index (χ0v) is 9.99. The number of carboxylic acids is 1. The molecular weight excluding hydrogens is 188 g/mol. The van der Waals surface area contributed by atoms with Crippen LogP contribution in [0.5, 0.6) is 0 Å². The molecule has 1 aliphatic rings. The van der Waals surface area contributed by atoms with Crippen molar-refractivity contribution in [2.45, 2.75) is 46.5 Å². The minimum atomic E-state index is -0.826. The highest BCUT2D eigenvalue weighted by Gasteiger charge is 2.28. The highest BCUT2D eigenvalue weighted by molar-refractivity contribution is 5.79. The van der Waals surface area contributed by atoms with Crippen LogP contribution >= 0.6 is 0 Å². The van der Waals surface area contributed by atoms with Crippen molar-refractivity contribution in [3.8, 4) is 0 Å². The Bertz CT molecular complexity index is 240. The van der Waals surface area contributed by atoms with Crippen LogP contribution in [-0.4, -0.2) is 11.1 Å². The summed E-state index contributed by atoms with van der Waals surface area (Å²) in [5, 5.41) is 8.54. The zero-order chi connectivity index (χ0) is 11.5. The first-order chi connectivity index (χ1) is 6.89. The molecule has 15 heavy (non-hydrogen) atoms. The highest BCUT2D eigenvalue weighted by atomic mass is 16.4. The minimum absolute atomic E-state index is 0.404. The lowest BCUT2D eigenvalue weighted by atomic mass is 9.70. The van der Waals surface area contributed by atoms with Crippen LogP contribution < -0.4 is 0 Å². The van der Waals surface area contributed by atoms with Crippen LogP contribution in [0.4, 0.5) is 0 Å². The molecule has 2 heteroatoms. The minimum Gasteiger partial charge on any atom is -0.478 e. The SMILES string of the molecule is CC(C)(C)C1CCC(/C=C/C(=O)O)CC1. The van der Waals surface area contributed by atoms with E-state index < -0.39 is 5.97 Å². The number of allylic oxidation sites excluding steroid dienone is 1. The summed E-state index contributed by atoms with van der Waals surface area (Å²) in [5.41, 5.74) is 0.404. The van der Waals surface area contributed by atoms with Crippen LogP contribution in [0.25, 0.3) is 0 Å². The van der Waals surface area contributed by atoms with E-state index in [1.54, 1.807) is 0 Å². The molecule has 0 aromatic carbocycles. The fourth-order valence-corrected chi connectivity index (χ4v) is 2.40. The molecule has 86 valence electrons. The second-order valence-corrected chi connectivity index (χ2v) is 5.68. The lowest BCUT2D eigenvalue weighted by Crippen LogP contribution is -2.25. The highest BCUT2D eigenvalue weighted by Crippen LogP contribution is 2.39. The summed E-state index contributed by atoms with van der Waals surface area (Å²) in [4.78, 5) is 10.4. The van der Waals surface area contributed by atoms with Gasteiger partial charge in [0.05, 0.1) is 0 Å². The van der Waals surface area contributed by atoms with Crippen LogP contribution in [0.3, 0.4) is 0 Å². The van der Waals surface area contributed by atoms with E-state index in [1.807, 2.05) is 6.08 Å². The van der Waals surface area contributed by atoms with E-state index >= 15 is 0 Å². The van der Waals surface area contributed by atoms with Gasteiger partial charge in [-0.15, -0.1) is 0 Å². The van der Waals surface area contributed by atoms with Gasteiger partial charge in [-0.05, 0) is 42.9 Å². The Morgan fingerprint density at radius 1 is 1.20 bits per heavy atom. The van der Waals surface area contributed by atoms with Crippen LogP contribution in [-0.2, 0) is 4.79 Å². The lowest BCUT2D eigenvalue weighted by Gasteiger charge is -2.36. The average molecular weight is 210 g/mol. The van der Waals surface area contributed by atoms with E-state index in [2.05, 4.69) is 20.8 Å². The van der Waals surface area contributed by atoms with Crippen molar-refractivity contribution in [2.75, 3.05) is 0 Å². The molecule has 0 aliphatic heterocycles. The Labute approximate surface area is 92.4 Å². The molecule has 1 N–H and O–H groups in total. The summed E-state index contributed by atoms with van der Waals surface area (Å²) >= 11 is 0. The zero-order valence-electron chi connectivity index (χ0n) is 9.99. The summed E-state index contributed by atoms with van der Waals surface area (Å²) in [6.07, 6.45) is 7.91. The summed E-state index contributed by atoms with van der Waals surface area (Å²) in [6, 6.07) is 0. The lowest BCUT2D eigenvalue weighted by molar-refractivity contribution is -0.131. The van der Waals surface area contributed by atoms with Crippen LogP contribution in [0.2, 0.25) is 0 Å². The third-order valence-corrected chi connectivity index (χ3v) is 3.51. The second kappa shape index (κ2) is 4.82. The third-order valence-electron chi connectivity index (χ3n) is 3.51. The van der Waals surface area contributed by atoms with Gasteiger partial charge in [0.15, 0.2) is 0 Å². The summed E-state index contributed by atoms with van der Waals surface area (Å²) < 4.78 is 0. The maximum Gasteiger partial charge on any atom is 0.327 e. The van der Waals surface area contributed by atoms with Gasteiger partial charge in [0.25, 0.3) is 0 Å². The number of carbonyl (C=O) groups is 1. The largest absolute Gasteiger partial charge is 0.478 e. The van der Waals surface area contributed by atoms with Gasteiger partial charge < -0.3 is 5.11 Å². The molecule has 0 atom stereocenters. The molecule has 1 fully saturated rings. The molecule has 0 aromatic heterocycles. The normalized spacial score (nSPS) is 28.2. The predicted octanol–water partition coefficient (Wildman–Crippen LogP) is 3.48. The number of rotatable bonds is 2. The van der Waals surface area contributed by atoms with E-state index in [1.165, 1.54) is 18.9 Å². The van der Waals surface area contributed by atoms with E-state index in [9.17, 15) is 4.79 Å². The maximum absolute atomic E-state index is 10.4. The topological polar surface area (TPSA) is 37.3 Å². The Balaban J connectivity index is 2.39. The number of carboxylic acid groups (broad SMARTS) is 1. The van der Waals surface area contributed by atoms with Crippen molar-refractivity contribution in [2.24, 2.45) is 17.3 Å².